The molecule has 0 aliphatic heterocycles. The number of amides is 1. The highest BCUT2D eigenvalue weighted by atomic mass is 79.9. The maximum Gasteiger partial charge on any atom is 0.291 e. The average molecular weight is 280 g/mol. The van der Waals surface area contributed by atoms with E-state index in [0.717, 1.165) is 15.7 Å². The number of carbonyl (C=O) groups excluding carboxylic acids is 1. The molecule has 4 heteroatoms. The summed E-state index contributed by atoms with van der Waals surface area (Å²) >= 11 is 3.41. The van der Waals surface area contributed by atoms with Gasteiger partial charge in [0.2, 0.25) is 0 Å². The molecule has 1 N–H and O–H groups in total. The Kier molecular flexibility index (Phi) is 3.10. The molecule has 1 heterocycles. The molecule has 0 unspecified atom stereocenters. The van der Waals surface area contributed by atoms with Gasteiger partial charge in [0.15, 0.2) is 5.76 Å². The topological polar surface area (TPSA) is 42.2 Å². The SMILES string of the molecule is Cc1ccc(NC(=O)c2ccco2)cc1Br. The van der Waals surface area contributed by atoms with Gasteiger partial charge in [-0.05, 0) is 36.8 Å². The van der Waals surface area contributed by atoms with Crippen molar-refractivity contribution in [2.24, 2.45) is 0 Å². The van der Waals surface area contributed by atoms with Crippen molar-refractivity contribution >= 4 is 27.5 Å². The third kappa shape index (κ3) is 2.33. The largest absolute Gasteiger partial charge is 0.459 e. The third-order valence-electron chi connectivity index (χ3n) is 2.17. The van der Waals surface area contributed by atoms with Crippen molar-refractivity contribution < 1.29 is 9.21 Å². The van der Waals surface area contributed by atoms with Gasteiger partial charge in [0.05, 0.1) is 6.26 Å². The summed E-state index contributed by atoms with van der Waals surface area (Å²) in [5.41, 5.74) is 1.86. The Morgan fingerprint density at radius 3 is 2.81 bits per heavy atom. The van der Waals surface area contributed by atoms with E-state index in [9.17, 15) is 4.79 Å². The van der Waals surface area contributed by atoms with Crippen LogP contribution < -0.4 is 5.32 Å². The molecule has 2 rings (SSSR count). The van der Waals surface area contributed by atoms with E-state index in [-0.39, 0.29) is 5.91 Å². The number of furan rings is 1. The molecule has 0 fully saturated rings. The minimum Gasteiger partial charge on any atom is -0.459 e. The van der Waals surface area contributed by atoms with Gasteiger partial charge in [-0.1, -0.05) is 22.0 Å². The van der Waals surface area contributed by atoms with E-state index >= 15 is 0 Å². The number of hydrogen-bond donors (Lipinski definition) is 1. The first-order chi connectivity index (χ1) is 7.66. The number of carbonyl (C=O) groups is 1. The fourth-order valence-corrected chi connectivity index (χ4v) is 1.65. The third-order valence-corrected chi connectivity index (χ3v) is 3.03. The maximum absolute atomic E-state index is 11.7. The van der Waals surface area contributed by atoms with Crippen molar-refractivity contribution in [2.75, 3.05) is 5.32 Å². The maximum atomic E-state index is 11.7. The standard InChI is InChI=1S/C12H10BrNO2/c1-8-4-5-9(7-10(8)13)14-12(15)11-3-2-6-16-11/h2-7H,1H3,(H,14,15). The van der Waals surface area contributed by atoms with E-state index < -0.39 is 0 Å². The first kappa shape index (κ1) is 11.0. The van der Waals surface area contributed by atoms with Gasteiger partial charge in [-0.25, -0.2) is 0 Å². The Hall–Kier alpha value is -1.55. The molecule has 1 aromatic heterocycles. The van der Waals surface area contributed by atoms with Crippen LogP contribution in [0.1, 0.15) is 16.1 Å². The molecule has 82 valence electrons. The van der Waals surface area contributed by atoms with Crippen molar-refractivity contribution in [2.45, 2.75) is 6.92 Å². The van der Waals surface area contributed by atoms with Gasteiger partial charge in [0.1, 0.15) is 0 Å². The van der Waals surface area contributed by atoms with Crippen LogP contribution in [0, 0.1) is 6.92 Å². The van der Waals surface area contributed by atoms with E-state index in [1.807, 2.05) is 25.1 Å². The second-order valence-corrected chi connectivity index (χ2v) is 4.25. The highest BCUT2D eigenvalue weighted by Gasteiger charge is 2.08. The number of benzene rings is 1. The predicted molar refractivity (Wildman–Crippen MR) is 65.5 cm³/mol. The Bertz CT molecular complexity index is 506. The summed E-state index contributed by atoms with van der Waals surface area (Å²) < 4.78 is 5.96. The molecule has 0 radical (unpaired) electrons. The molecular weight excluding hydrogens is 270 g/mol. The van der Waals surface area contributed by atoms with Crippen LogP contribution in [0.3, 0.4) is 0 Å². The second-order valence-electron chi connectivity index (χ2n) is 3.40. The summed E-state index contributed by atoms with van der Waals surface area (Å²) in [6.45, 7) is 1.99. The minimum absolute atomic E-state index is 0.249. The smallest absolute Gasteiger partial charge is 0.291 e. The van der Waals surface area contributed by atoms with Crippen LogP contribution in [-0.2, 0) is 0 Å². The molecule has 1 amide bonds. The molecule has 1 aromatic carbocycles. The van der Waals surface area contributed by atoms with Crippen molar-refractivity contribution in [3.05, 3.63) is 52.4 Å². The normalized spacial score (nSPS) is 10.1. The number of rotatable bonds is 2. The van der Waals surface area contributed by atoms with Gasteiger partial charge in [-0.2, -0.15) is 0 Å². The summed E-state index contributed by atoms with van der Waals surface area (Å²) in [7, 11) is 0. The number of nitrogens with one attached hydrogen (secondary N) is 1. The molecule has 0 saturated heterocycles. The lowest BCUT2D eigenvalue weighted by atomic mass is 10.2. The number of halogens is 1. The Morgan fingerprint density at radius 1 is 1.38 bits per heavy atom. The number of hydrogen-bond acceptors (Lipinski definition) is 2. The predicted octanol–water partition coefficient (Wildman–Crippen LogP) is 3.60. The molecule has 2 aromatic rings. The molecular formula is C12H10BrNO2. The van der Waals surface area contributed by atoms with E-state index in [0.29, 0.717) is 5.76 Å². The fourth-order valence-electron chi connectivity index (χ4n) is 1.27. The number of aryl methyl sites for hydroxylation is 1. The van der Waals surface area contributed by atoms with Crippen LogP contribution in [0.15, 0.2) is 45.5 Å². The Balaban J connectivity index is 2.15. The van der Waals surface area contributed by atoms with Crippen LogP contribution in [0.25, 0.3) is 0 Å². The summed E-state index contributed by atoms with van der Waals surface area (Å²) in [5.74, 6) is 0.0532. The summed E-state index contributed by atoms with van der Waals surface area (Å²) in [5, 5.41) is 2.75. The van der Waals surface area contributed by atoms with Gasteiger partial charge in [-0.15, -0.1) is 0 Å². The zero-order valence-corrected chi connectivity index (χ0v) is 10.2. The zero-order valence-electron chi connectivity index (χ0n) is 8.66. The molecule has 0 bridgehead atoms. The van der Waals surface area contributed by atoms with E-state index in [1.54, 1.807) is 12.1 Å². The summed E-state index contributed by atoms with van der Waals surface area (Å²) in [6, 6.07) is 8.94. The average Bonchev–Trinajstić information content (AvgIpc) is 2.77. The van der Waals surface area contributed by atoms with Crippen LogP contribution >= 0.6 is 15.9 Å². The van der Waals surface area contributed by atoms with Gasteiger partial charge in [0.25, 0.3) is 5.91 Å². The Labute approximate surface area is 102 Å². The monoisotopic (exact) mass is 279 g/mol. The first-order valence-corrected chi connectivity index (χ1v) is 5.57. The molecule has 16 heavy (non-hydrogen) atoms. The van der Waals surface area contributed by atoms with Crippen LogP contribution in [-0.4, -0.2) is 5.91 Å². The van der Waals surface area contributed by atoms with Crippen LogP contribution in [0.2, 0.25) is 0 Å². The molecule has 0 saturated carbocycles. The van der Waals surface area contributed by atoms with Gasteiger partial charge in [-0.3, -0.25) is 4.79 Å². The lowest BCUT2D eigenvalue weighted by molar-refractivity contribution is 0.0996. The second kappa shape index (κ2) is 4.53. The molecule has 0 spiro atoms. The molecule has 3 nitrogen and oxygen atoms in total. The van der Waals surface area contributed by atoms with Crippen molar-refractivity contribution in [1.82, 2.24) is 0 Å². The minimum atomic E-state index is -0.249. The van der Waals surface area contributed by atoms with Crippen molar-refractivity contribution in [3.63, 3.8) is 0 Å². The van der Waals surface area contributed by atoms with Gasteiger partial charge < -0.3 is 9.73 Å². The van der Waals surface area contributed by atoms with Crippen LogP contribution in [0.5, 0.6) is 0 Å². The quantitative estimate of drug-likeness (QED) is 0.913. The van der Waals surface area contributed by atoms with Gasteiger partial charge in [0, 0.05) is 10.2 Å². The lowest BCUT2D eigenvalue weighted by Gasteiger charge is -2.05. The highest BCUT2D eigenvalue weighted by Crippen LogP contribution is 2.21. The highest BCUT2D eigenvalue weighted by molar-refractivity contribution is 9.10. The molecule has 0 aliphatic carbocycles. The van der Waals surface area contributed by atoms with E-state index in [1.165, 1.54) is 6.26 Å². The van der Waals surface area contributed by atoms with E-state index in [4.69, 9.17) is 4.42 Å². The van der Waals surface area contributed by atoms with Crippen molar-refractivity contribution in [1.29, 1.82) is 0 Å². The van der Waals surface area contributed by atoms with Gasteiger partial charge >= 0.3 is 0 Å². The molecule has 0 atom stereocenters. The fraction of sp³-hybridized carbons (Fsp3) is 0.0833. The van der Waals surface area contributed by atoms with Crippen LogP contribution in [0.4, 0.5) is 5.69 Å². The van der Waals surface area contributed by atoms with E-state index in [2.05, 4.69) is 21.2 Å². The zero-order chi connectivity index (χ0) is 11.5. The summed E-state index contributed by atoms with van der Waals surface area (Å²) in [6.07, 6.45) is 1.47. The number of anilines is 1. The summed E-state index contributed by atoms with van der Waals surface area (Å²) in [4.78, 5) is 11.7. The van der Waals surface area contributed by atoms with Crippen molar-refractivity contribution in [3.8, 4) is 0 Å². The lowest BCUT2D eigenvalue weighted by Crippen LogP contribution is -2.10. The Morgan fingerprint density at radius 2 is 2.19 bits per heavy atom. The first-order valence-electron chi connectivity index (χ1n) is 4.78. The molecule has 0 aliphatic rings.